The summed E-state index contributed by atoms with van der Waals surface area (Å²) >= 11 is 0. The molecule has 2 atom stereocenters. The van der Waals surface area contributed by atoms with E-state index in [4.69, 9.17) is 5.26 Å². The summed E-state index contributed by atoms with van der Waals surface area (Å²) in [7, 11) is 0. The Morgan fingerprint density at radius 2 is 1.81 bits per heavy atom. The van der Waals surface area contributed by atoms with Crippen molar-refractivity contribution >= 4 is 0 Å². The van der Waals surface area contributed by atoms with Gasteiger partial charge in [0.15, 0.2) is 0 Å². The maximum Gasteiger partial charge on any atom is 0.0635 e. The van der Waals surface area contributed by atoms with Crippen LogP contribution in [0.1, 0.15) is 36.0 Å². The maximum absolute atomic E-state index is 8.88. The number of nitrogens with zero attached hydrogens (tertiary/aromatic N) is 2. The molecular weight excluding hydrogens is 256 g/mol. The normalized spacial score (nSPS) is 21.5. The molecule has 1 aliphatic heterocycles. The van der Waals surface area contributed by atoms with Crippen LogP contribution in [0.3, 0.4) is 0 Å². The van der Waals surface area contributed by atoms with Crippen molar-refractivity contribution in [2.75, 3.05) is 6.54 Å². The third kappa shape index (κ3) is 2.70. The van der Waals surface area contributed by atoms with Gasteiger partial charge in [0.1, 0.15) is 0 Å². The first kappa shape index (κ1) is 13.9. The van der Waals surface area contributed by atoms with Crippen molar-refractivity contribution in [3.8, 4) is 6.07 Å². The first-order valence-corrected chi connectivity index (χ1v) is 7.55. The van der Waals surface area contributed by atoms with Crippen molar-refractivity contribution in [2.24, 2.45) is 0 Å². The minimum absolute atomic E-state index is 0.384. The Morgan fingerprint density at radius 1 is 1.10 bits per heavy atom. The molecule has 1 heterocycles. The van der Waals surface area contributed by atoms with E-state index in [9.17, 15) is 0 Å². The molecule has 2 heteroatoms. The van der Waals surface area contributed by atoms with Crippen molar-refractivity contribution < 1.29 is 0 Å². The molecule has 3 rings (SSSR count). The lowest BCUT2D eigenvalue weighted by Gasteiger charge is -2.41. The Kier molecular flexibility index (Phi) is 4.03. The lowest BCUT2D eigenvalue weighted by molar-refractivity contribution is 0.172. The van der Waals surface area contributed by atoms with E-state index in [0.29, 0.717) is 18.4 Å². The predicted molar refractivity (Wildman–Crippen MR) is 84.8 cm³/mol. The van der Waals surface area contributed by atoms with Gasteiger partial charge in [-0.15, -0.1) is 0 Å². The van der Waals surface area contributed by atoms with Crippen molar-refractivity contribution in [2.45, 2.75) is 31.8 Å². The fraction of sp³-hybridized carbons (Fsp3) is 0.316. The van der Waals surface area contributed by atoms with Gasteiger partial charge in [-0.3, -0.25) is 4.90 Å². The van der Waals surface area contributed by atoms with E-state index in [1.54, 1.807) is 0 Å². The molecule has 1 aliphatic rings. The molecule has 0 fully saturated rings. The van der Waals surface area contributed by atoms with Crippen LogP contribution in [0.25, 0.3) is 0 Å². The van der Waals surface area contributed by atoms with Crippen LogP contribution >= 0.6 is 0 Å². The van der Waals surface area contributed by atoms with E-state index in [1.165, 1.54) is 16.7 Å². The molecule has 21 heavy (non-hydrogen) atoms. The largest absolute Gasteiger partial charge is 0.294 e. The minimum atomic E-state index is 0.384. The summed E-state index contributed by atoms with van der Waals surface area (Å²) in [6.45, 7) is 4.07. The Hall–Kier alpha value is -2.11. The Balaban J connectivity index is 2.01. The zero-order valence-electron chi connectivity index (χ0n) is 12.4. The highest BCUT2D eigenvalue weighted by molar-refractivity contribution is 5.41. The topological polar surface area (TPSA) is 27.0 Å². The maximum atomic E-state index is 8.88. The lowest BCUT2D eigenvalue weighted by atomic mass is 9.79. The number of nitriles is 1. The number of hydrogen-bond acceptors (Lipinski definition) is 2. The molecule has 2 aromatic carbocycles. The van der Waals surface area contributed by atoms with E-state index in [-0.39, 0.29) is 0 Å². The van der Waals surface area contributed by atoms with E-state index < -0.39 is 0 Å². The molecule has 2 aromatic rings. The molecular formula is C19H20N2. The Labute approximate surface area is 126 Å². The summed E-state index contributed by atoms with van der Waals surface area (Å²) in [4.78, 5) is 2.43. The van der Waals surface area contributed by atoms with Crippen molar-refractivity contribution in [1.82, 2.24) is 4.90 Å². The summed E-state index contributed by atoms with van der Waals surface area (Å²) in [5.74, 6) is 0.384. The van der Waals surface area contributed by atoms with Gasteiger partial charge in [0.25, 0.3) is 0 Å². The number of rotatable bonds is 3. The average molecular weight is 276 g/mol. The van der Waals surface area contributed by atoms with Gasteiger partial charge in [0.05, 0.1) is 6.07 Å². The molecule has 106 valence electrons. The highest BCUT2D eigenvalue weighted by Gasteiger charge is 2.32. The first-order chi connectivity index (χ1) is 10.3. The van der Waals surface area contributed by atoms with E-state index in [1.807, 2.05) is 0 Å². The third-order valence-corrected chi connectivity index (χ3v) is 4.49. The Bertz CT molecular complexity index is 642. The third-order valence-electron chi connectivity index (χ3n) is 4.49. The zero-order valence-corrected chi connectivity index (χ0v) is 12.4. The van der Waals surface area contributed by atoms with Gasteiger partial charge in [0, 0.05) is 31.5 Å². The molecule has 0 radical (unpaired) electrons. The molecule has 0 aliphatic carbocycles. The van der Waals surface area contributed by atoms with Crippen LogP contribution in [-0.4, -0.2) is 17.5 Å². The molecule has 1 unspecified atom stereocenters. The summed E-state index contributed by atoms with van der Waals surface area (Å²) < 4.78 is 0. The molecule has 2 nitrogen and oxygen atoms in total. The minimum Gasteiger partial charge on any atom is -0.294 e. The standard InChI is InChI=1S/C19H20N2/c1-15-19(16-8-3-2-4-9-16)18-11-6-5-10-17(18)14-21(15)13-7-12-20/h2-6,8-11,15,19H,7,13-14H2,1H3/t15-,19?/m0/s1. The van der Waals surface area contributed by atoms with Crippen LogP contribution in [0.4, 0.5) is 0 Å². The van der Waals surface area contributed by atoms with Crippen LogP contribution in [0.5, 0.6) is 0 Å². The second kappa shape index (κ2) is 6.11. The van der Waals surface area contributed by atoms with Gasteiger partial charge >= 0.3 is 0 Å². The fourth-order valence-corrected chi connectivity index (χ4v) is 3.41. The molecule has 0 amide bonds. The monoisotopic (exact) mass is 276 g/mol. The smallest absolute Gasteiger partial charge is 0.0635 e. The van der Waals surface area contributed by atoms with Crippen LogP contribution in [0.15, 0.2) is 54.6 Å². The Morgan fingerprint density at radius 3 is 2.57 bits per heavy atom. The fourth-order valence-electron chi connectivity index (χ4n) is 3.41. The van der Waals surface area contributed by atoms with Crippen LogP contribution in [-0.2, 0) is 6.54 Å². The van der Waals surface area contributed by atoms with Crippen LogP contribution < -0.4 is 0 Å². The SMILES string of the molecule is C[C@H]1C(c2ccccc2)c2ccccc2CN1CCC#N. The molecule has 0 saturated carbocycles. The number of fused-ring (bicyclic) bond motifs is 1. The van der Waals surface area contributed by atoms with E-state index >= 15 is 0 Å². The van der Waals surface area contributed by atoms with Gasteiger partial charge in [-0.2, -0.15) is 5.26 Å². The highest BCUT2D eigenvalue weighted by Crippen LogP contribution is 2.37. The summed E-state index contributed by atoms with van der Waals surface area (Å²) in [6, 6.07) is 22.1. The number of benzene rings is 2. The molecule has 0 N–H and O–H groups in total. The van der Waals surface area contributed by atoms with Gasteiger partial charge < -0.3 is 0 Å². The first-order valence-electron chi connectivity index (χ1n) is 7.55. The quantitative estimate of drug-likeness (QED) is 0.849. The van der Waals surface area contributed by atoms with E-state index in [2.05, 4.69) is 72.5 Å². The molecule has 0 saturated heterocycles. The van der Waals surface area contributed by atoms with Crippen molar-refractivity contribution in [3.63, 3.8) is 0 Å². The molecule has 0 aromatic heterocycles. The summed E-state index contributed by atoms with van der Waals surface area (Å²) in [5.41, 5.74) is 4.19. The predicted octanol–water partition coefficient (Wildman–Crippen LogP) is 3.94. The van der Waals surface area contributed by atoms with Gasteiger partial charge in [-0.25, -0.2) is 0 Å². The second-order valence-corrected chi connectivity index (χ2v) is 5.71. The molecule has 0 spiro atoms. The highest BCUT2D eigenvalue weighted by atomic mass is 15.2. The van der Waals surface area contributed by atoms with E-state index in [0.717, 1.165) is 13.1 Å². The summed E-state index contributed by atoms with van der Waals surface area (Å²) in [5, 5.41) is 8.88. The lowest BCUT2D eigenvalue weighted by Crippen LogP contribution is -2.42. The van der Waals surface area contributed by atoms with Crippen LogP contribution in [0, 0.1) is 11.3 Å². The van der Waals surface area contributed by atoms with Crippen molar-refractivity contribution in [3.05, 3.63) is 71.3 Å². The number of hydrogen-bond donors (Lipinski definition) is 0. The molecule has 0 bridgehead atoms. The van der Waals surface area contributed by atoms with Crippen molar-refractivity contribution in [1.29, 1.82) is 5.26 Å². The second-order valence-electron chi connectivity index (χ2n) is 5.71. The average Bonchev–Trinajstić information content (AvgIpc) is 2.54. The zero-order chi connectivity index (χ0) is 14.7. The van der Waals surface area contributed by atoms with Gasteiger partial charge in [-0.1, -0.05) is 54.6 Å². The van der Waals surface area contributed by atoms with Crippen LogP contribution in [0.2, 0.25) is 0 Å². The van der Waals surface area contributed by atoms with Gasteiger partial charge in [0.2, 0.25) is 0 Å². The summed E-state index contributed by atoms with van der Waals surface area (Å²) in [6.07, 6.45) is 0.591. The van der Waals surface area contributed by atoms with Gasteiger partial charge in [-0.05, 0) is 23.6 Å².